The summed E-state index contributed by atoms with van der Waals surface area (Å²) in [4.78, 5) is 34.5. The van der Waals surface area contributed by atoms with E-state index in [0.717, 1.165) is 5.56 Å². The maximum atomic E-state index is 12.0. The first-order chi connectivity index (χ1) is 11.5. The Hall–Kier alpha value is -2.66. The van der Waals surface area contributed by atoms with Gasteiger partial charge in [0.15, 0.2) is 5.78 Å². The number of ketones is 1. The van der Waals surface area contributed by atoms with Crippen molar-refractivity contribution in [3.05, 3.63) is 70.2 Å². The molecule has 24 heavy (non-hydrogen) atoms. The van der Waals surface area contributed by atoms with Crippen LogP contribution in [0.4, 0.5) is 0 Å². The van der Waals surface area contributed by atoms with Crippen LogP contribution in [0.15, 0.2) is 48.5 Å². The van der Waals surface area contributed by atoms with E-state index in [1.807, 2.05) is 0 Å². The van der Waals surface area contributed by atoms with Gasteiger partial charge >= 0.3 is 5.97 Å². The van der Waals surface area contributed by atoms with Crippen molar-refractivity contribution in [2.75, 3.05) is 0 Å². The number of carboxylic acids is 1. The van der Waals surface area contributed by atoms with Crippen LogP contribution in [-0.2, 0) is 11.3 Å². The molecule has 0 radical (unpaired) electrons. The Morgan fingerprint density at radius 1 is 0.875 bits per heavy atom. The first-order valence-electron chi connectivity index (χ1n) is 7.33. The molecule has 2 aromatic rings. The maximum absolute atomic E-state index is 12.0. The molecule has 5 nitrogen and oxygen atoms in total. The molecule has 0 aliphatic carbocycles. The zero-order valence-corrected chi connectivity index (χ0v) is 13.5. The number of aromatic carboxylic acids is 1. The minimum atomic E-state index is -0.994. The van der Waals surface area contributed by atoms with E-state index >= 15 is 0 Å². The Morgan fingerprint density at radius 2 is 1.46 bits per heavy atom. The number of amides is 1. The van der Waals surface area contributed by atoms with Crippen LogP contribution >= 0.6 is 11.6 Å². The predicted molar refractivity (Wildman–Crippen MR) is 90.3 cm³/mol. The van der Waals surface area contributed by atoms with Crippen molar-refractivity contribution in [3.8, 4) is 0 Å². The number of benzene rings is 2. The largest absolute Gasteiger partial charge is 0.478 e. The second kappa shape index (κ2) is 8.26. The summed E-state index contributed by atoms with van der Waals surface area (Å²) < 4.78 is 0. The van der Waals surface area contributed by atoms with Gasteiger partial charge in [-0.1, -0.05) is 23.7 Å². The van der Waals surface area contributed by atoms with E-state index in [-0.39, 0.29) is 36.6 Å². The van der Waals surface area contributed by atoms with E-state index in [2.05, 4.69) is 5.32 Å². The van der Waals surface area contributed by atoms with Crippen LogP contribution in [0.25, 0.3) is 0 Å². The smallest absolute Gasteiger partial charge is 0.335 e. The number of hydrogen-bond acceptors (Lipinski definition) is 3. The van der Waals surface area contributed by atoms with Gasteiger partial charge in [-0.3, -0.25) is 9.59 Å². The molecule has 0 bridgehead atoms. The molecular weight excluding hydrogens is 330 g/mol. The van der Waals surface area contributed by atoms with Gasteiger partial charge in [0.2, 0.25) is 5.91 Å². The minimum absolute atomic E-state index is 0.0919. The van der Waals surface area contributed by atoms with Crippen LogP contribution in [0.5, 0.6) is 0 Å². The fraction of sp³-hybridized carbons (Fsp3) is 0.167. The van der Waals surface area contributed by atoms with Crippen LogP contribution in [0.1, 0.15) is 39.1 Å². The maximum Gasteiger partial charge on any atom is 0.335 e. The van der Waals surface area contributed by atoms with E-state index < -0.39 is 5.97 Å². The first-order valence-corrected chi connectivity index (χ1v) is 7.71. The Bertz CT molecular complexity index is 739. The van der Waals surface area contributed by atoms with Crippen LogP contribution < -0.4 is 5.32 Å². The highest BCUT2D eigenvalue weighted by Gasteiger charge is 2.09. The fourth-order valence-electron chi connectivity index (χ4n) is 2.06. The topological polar surface area (TPSA) is 83.5 Å². The van der Waals surface area contributed by atoms with Crippen LogP contribution in [0.3, 0.4) is 0 Å². The summed E-state index contributed by atoms with van der Waals surface area (Å²) in [5, 5.41) is 12.1. The van der Waals surface area contributed by atoms with E-state index in [0.29, 0.717) is 10.6 Å². The van der Waals surface area contributed by atoms with E-state index in [9.17, 15) is 14.4 Å². The number of hydrogen-bond donors (Lipinski definition) is 2. The molecular formula is C18H16ClNO4. The van der Waals surface area contributed by atoms with Crippen LogP contribution in [0.2, 0.25) is 5.02 Å². The normalized spacial score (nSPS) is 10.2. The first kappa shape index (κ1) is 17.7. The molecule has 0 saturated heterocycles. The third-order valence-corrected chi connectivity index (χ3v) is 3.69. The molecule has 0 aliphatic rings. The quantitative estimate of drug-likeness (QED) is 0.754. The Morgan fingerprint density at radius 3 is 2.04 bits per heavy atom. The van der Waals surface area contributed by atoms with Gasteiger partial charge in [-0.25, -0.2) is 4.79 Å². The minimum Gasteiger partial charge on any atom is -0.478 e. The molecule has 0 atom stereocenters. The average Bonchev–Trinajstić information content (AvgIpc) is 2.58. The highest BCUT2D eigenvalue weighted by molar-refractivity contribution is 6.30. The summed E-state index contributed by atoms with van der Waals surface area (Å²) in [6, 6.07) is 12.8. The molecule has 124 valence electrons. The molecule has 0 aliphatic heterocycles. The van der Waals surface area contributed by atoms with Crippen molar-refractivity contribution in [2.45, 2.75) is 19.4 Å². The van der Waals surface area contributed by atoms with Gasteiger partial charge in [0.1, 0.15) is 0 Å². The SMILES string of the molecule is O=C(CCC(=O)c1ccc(Cl)cc1)NCc1ccc(C(=O)O)cc1. The molecule has 0 aromatic heterocycles. The third-order valence-electron chi connectivity index (χ3n) is 3.44. The van der Waals surface area contributed by atoms with Crippen molar-refractivity contribution in [3.63, 3.8) is 0 Å². The second-order valence-corrected chi connectivity index (χ2v) is 5.65. The van der Waals surface area contributed by atoms with Crippen LogP contribution in [0, 0.1) is 0 Å². The van der Waals surface area contributed by atoms with Gasteiger partial charge in [-0.05, 0) is 42.0 Å². The number of carbonyl (C=O) groups excluding carboxylic acids is 2. The molecule has 2 N–H and O–H groups in total. The van der Waals surface area contributed by atoms with Gasteiger partial charge in [-0.2, -0.15) is 0 Å². The summed E-state index contributed by atoms with van der Waals surface area (Å²) in [5.41, 5.74) is 1.51. The van der Waals surface area contributed by atoms with Crippen molar-refractivity contribution < 1.29 is 19.5 Å². The summed E-state index contributed by atoms with van der Waals surface area (Å²) >= 11 is 5.76. The summed E-state index contributed by atoms with van der Waals surface area (Å²) in [6.45, 7) is 0.286. The molecule has 0 spiro atoms. The van der Waals surface area contributed by atoms with Crippen LogP contribution in [-0.4, -0.2) is 22.8 Å². The molecule has 0 unspecified atom stereocenters. The standard InChI is InChI=1S/C18H16ClNO4/c19-15-7-5-13(6-8-15)16(21)9-10-17(22)20-11-12-1-3-14(4-2-12)18(23)24/h1-8H,9-11H2,(H,20,22)(H,23,24). The molecule has 1 amide bonds. The second-order valence-electron chi connectivity index (χ2n) is 5.21. The lowest BCUT2D eigenvalue weighted by Gasteiger charge is -2.06. The number of nitrogens with one attached hydrogen (secondary N) is 1. The van der Waals surface area contributed by atoms with E-state index in [1.54, 1.807) is 36.4 Å². The lowest BCUT2D eigenvalue weighted by Crippen LogP contribution is -2.23. The number of rotatable bonds is 7. The highest BCUT2D eigenvalue weighted by Crippen LogP contribution is 2.12. The molecule has 0 saturated carbocycles. The van der Waals surface area contributed by atoms with Crippen molar-refractivity contribution in [1.82, 2.24) is 5.32 Å². The molecule has 0 heterocycles. The van der Waals surface area contributed by atoms with Gasteiger partial charge in [0, 0.05) is 30.0 Å². The highest BCUT2D eigenvalue weighted by atomic mass is 35.5. The summed E-state index contributed by atoms with van der Waals surface area (Å²) in [5.74, 6) is -1.35. The Kier molecular flexibility index (Phi) is 6.09. The van der Waals surface area contributed by atoms with Gasteiger partial charge < -0.3 is 10.4 Å². The lowest BCUT2D eigenvalue weighted by atomic mass is 10.1. The van der Waals surface area contributed by atoms with Crippen molar-refractivity contribution >= 4 is 29.3 Å². The molecule has 6 heteroatoms. The molecule has 0 fully saturated rings. The number of carboxylic acid groups (broad SMARTS) is 1. The predicted octanol–water partition coefficient (Wildman–Crippen LogP) is 3.32. The zero-order chi connectivity index (χ0) is 17.5. The Balaban J connectivity index is 1.77. The molecule has 2 rings (SSSR count). The molecule has 2 aromatic carbocycles. The average molecular weight is 346 g/mol. The van der Waals surface area contributed by atoms with E-state index in [4.69, 9.17) is 16.7 Å². The summed E-state index contributed by atoms with van der Waals surface area (Å²) in [6.07, 6.45) is 0.208. The van der Waals surface area contributed by atoms with Crippen molar-refractivity contribution in [2.24, 2.45) is 0 Å². The summed E-state index contributed by atoms with van der Waals surface area (Å²) in [7, 11) is 0. The van der Waals surface area contributed by atoms with Gasteiger partial charge in [0.25, 0.3) is 0 Å². The number of Topliss-reactive ketones (excluding diaryl/α,β-unsaturated/α-hetero) is 1. The number of carbonyl (C=O) groups is 3. The lowest BCUT2D eigenvalue weighted by molar-refractivity contribution is -0.121. The zero-order valence-electron chi connectivity index (χ0n) is 12.8. The van der Waals surface area contributed by atoms with E-state index in [1.165, 1.54) is 12.1 Å². The third kappa shape index (κ3) is 5.21. The fourth-order valence-corrected chi connectivity index (χ4v) is 2.19. The Labute approximate surface area is 144 Å². The van der Waals surface area contributed by atoms with Crippen molar-refractivity contribution in [1.29, 1.82) is 0 Å². The monoisotopic (exact) mass is 345 g/mol. The van der Waals surface area contributed by atoms with Gasteiger partial charge in [-0.15, -0.1) is 0 Å². The number of halogens is 1. The van der Waals surface area contributed by atoms with Gasteiger partial charge in [0.05, 0.1) is 5.56 Å².